The highest BCUT2D eigenvalue weighted by atomic mass is 79.9. The lowest BCUT2D eigenvalue weighted by atomic mass is 9.94. The Labute approximate surface area is 104 Å². The Morgan fingerprint density at radius 1 is 1.50 bits per heavy atom. The third-order valence-corrected chi connectivity index (χ3v) is 3.50. The summed E-state index contributed by atoms with van der Waals surface area (Å²) in [6.45, 7) is 3.48. The Morgan fingerprint density at radius 2 is 2.25 bits per heavy atom. The van der Waals surface area contributed by atoms with Gasteiger partial charge in [-0.15, -0.1) is 0 Å². The van der Waals surface area contributed by atoms with Crippen LogP contribution in [0.5, 0.6) is 0 Å². The summed E-state index contributed by atoms with van der Waals surface area (Å²) in [5.41, 5.74) is 7.13. The van der Waals surface area contributed by atoms with E-state index in [0.29, 0.717) is 6.54 Å². The van der Waals surface area contributed by atoms with E-state index in [2.05, 4.69) is 20.8 Å². The molecule has 0 amide bonds. The number of halogens is 1. The van der Waals surface area contributed by atoms with E-state index in [4.69, 9.17) is 5.73 Å². The first-order valence-electron chi connectivity index (χ1n) is 5.50. The van der Waals surface area contributed by atoms with Gasteiger partial charge in [0.2, 0.25) is 0 Å². The van der Waals surface area contributed by atoms with E-state index >= 15 is 0 Å². The van der Waals surface area contributed by atoms with E-state index in [9.17, 15) is 5.11 Å². The Kier molecular flexibility index (Phi) is 3.13. The molecule has 2 rings (SSSR count). The number of β-amino-alcohol motifs (C(OH)–C–C–N with tert-alkyl or cyclic N) is 1. The van der Waals surface area contributed by atoms with Gasteiger partial charge in [0.1, 0.15) is 0 Å². The monoisotopic (exact) mass is 284 g/mol. The van der Waals surface area contributed by atoms with Crippen molar-refractivity contribution < 1.29 is 5.11 Å². The van der Waals surface area contributed by atoms with Gasteiger partial charge in [-0.3, -0.25) is 0 Å². The van der Waals surface area contributed by atoms with E-state index in [-0.39, 0.29) is 0 Å². The van der Waals surface area contributed by atoms with Crippen LogP contribution in [0.15, 0.2) is 22.7 Å². The topological polar surface area (TPSA) is 49.5 Å². The molecule has 0 bridgehead atoms. The first-order chi connectivity index (χ1) is 7.48. The largest absolute Gasteiger partial charge is 0.397 e. The smallest absolute Gasteiger partial charge is 0.0794 e. The molecule has 1 unspecified atom stereocenters. The number of hydrogen-bond acceptors (Lipinski definition) is 3. The third kappa shape index (κ3) is 2.50. The zero-order chi connectivity index (χ0) is 11.8. The van der Waals surface area contributed by atoms with Gasteiger partial charge in [0.25, 0.3) is 0 Å². The highest BCUT2D eigenvalue weighted by Crippen LogP contribution is 2.31. The molecule has 0 aromatic heterocycles. The van der Waals surface area contributed by atoms with Crippen molar-refractivity contribution in [2.75, 3.05) is 23.7 Å². The highest BCUT2D eigenvalue weighted by Gasteiger charge is 2.29. The summed E-state index contributed by atoms with van der Waals surface area (Å²) in [6.07, 6.45) is 1.86. The fourth-order valence-electron chi connectivity index (χ4n) is 2.22. The molecule has 1 aliphatic heterocycles. The molecule has 1 heterocycles. The minimum absolute atomic E-state index is 0.604. The maximum atomic E-state index is 10.1. The summed E-state index contributed by atoms with van der Waals surface area (Å²) in [5, 5.41) is 10.1. The lowest BCUT2D eigenvalue weighted by molar-refractivity contribution is 0.0450. The molecule has 1 saturated heterocycles. The van der Waals surface area contributed by atoms with Gasteiger partial charge in [0.05, 0.1) is 17.0 Å². The number of nitrogens with zero attached hydrogens (tertiary/aromatic N) is 1. The molecule has 3 nitrogen and oxygen atoms in total. The van der Waals surface area contributed by atoms with Crippen molar-refractivity contribution in [3.8, 4) is 0 Å². The first-order valence-corrected chi connectivity index (χ1v) is 6.30. The maximum Gasteiger partial charge on any atom is 0.0794 e. The minimum atomic E-state index is -0.604. The predicted octanol–water partition coefficient (Wildman–Crippen LogP) is 2.38. The van der Waals surface area contributed by atoms with Crippen LogP contribution in [0.3, 0.4) is 0 Å². The van der Waals surface area contributed by atoms with E-state index in [1.54, 1.807) is 0 Å². The Morgan fingerprint density at radius 3 is 2.94 bits per heavy atom. The van der Waals surface area contributed by atoms with Crippen LogP contribution in [0.25, 0.3) is 0 Å². The van der Waals surface area contributed by atoms with Gasteiger partial charge in [0, 0.05) is 17.6 Å². The van der Waals surface area contributed by atoms with Crippen molar-refractivity contribution in [1.29, 1.82) is 0 Å². The van der Waals surface area contributed by atoms with Gasteiger partial charge in [-0.05, 0) is 38.0 Å². The van der Waals surface area contributed by atoms with E-state index < -0.39 is 5.60 Å². The molecule has 16 heavy (non-hydrogen) atoms. The van der Waals surface area contributed by atoms with Gasteiger partial charge < -0.3 is 15.7 Å². The van der Waals surface area contributed by atoms with Gasteiger partial charge in [-0.1, -0.05) is 15.9 Å². The molecule has 1 aliphatic rings. The normalized spacial score (nSPS) is 25.8. The number of benzene rings is 1. The van der Waals surface area contributed by atoms with Crippen molar-refractivity contribution >= 4 is 27.3 Å². The Balaban J connectivity index is 2.26. The second-order valence-corrected chi connectivity index (χ2v) is 5.64. The van der Waals surface area contributed by atoms with Crippen LogP contribution in [0.1, 0.15) is 19.8 Å². The molecule has 4 heteroatoms. The quantitative estimate of drug-likeness (QED) is 0.779. The molecular formula is C12H17BrN2O. The number of anilines is 2. The lowest BCUT2D eigenvalue weighted by Crippen LogP contribution is -2.46. The van der Waals surface area contributed by atoms with Crippen molar-refractivity contribution in [2.24, 2.45) is 0 Å². The second kappa shape index (κ2) is 4.26. The van der Waals surface area contributed by atoms with Crippen LogP contribution in [-0.4, -0.2) is 23.8 Å². The molecular weight excluding hydrogens is 268 g/mol. The SMILES string of the molecule is CC1(O)CCCN(c2cc(Br)ccc2N)C1. The predicted molar refractivity (Wildman–Crippen MR) is 70.6 cm³/mol. The van der Waals surface area contributed by atoms with Crippen LogP contribution in [0, 0.1) is 0 Å². The van der Waals surface area contributed by atoms with Gasteiger partial charge >= 0.3 is 0 Å². The molecule has 1 fully saturated rings. The fraction of sp³-hybridized carbons (Fsp3) is 0.500. The fourth-order valence-corrected chi connectivity index (χ4v) is 2.57. The molecule has 0 saturated carbocycles. The molecule has 88 valence electrons. The number of hydrogen-bond donors (Lipinski definition) is 2. The van der Waals surface area contributed by atoms with Gasteiger partial charge in [0.15, 0.2) is 0 Å². The van der Waals surface area contributed by atoms with E-state index in [1.807, 2.05) is 25.1 Å². The van der Waals surface area contributed by atoms with Crippen LogP contribution in [-0.2, 0) is 0 Å². The molecule has 1 atom stereocenters. The zero-order valence-electron chi connectivity index (χ0n) is 9.41. The number of rotatable bonds is 1. The van der Waals surface area contributed by atoms with Crippen LogP contribution < -0.4 is 10.6 Å². The Hall–Kier alpha value is -0.740. The summed E-state index contributed by atoms with van der Waals surface area (Å²) < 4.78 is 1.02. The van der Waals surface area contributed by atoms with Crippen molar-refractivity contribution in [1.82, 2.24) is 0 Å². The van der Waals surface area contributed by atoms with Crippen LogP contribution in [0.2, 0.25) is 0 Å². The molecule has 1 aromatic carbocycles. The summed E-state index contributed by atoms with van der Waals surface area (Å²) in [6, 6.07) is 5.83. The minimum Gasteiger partial charge on any atom is -0.397 e. The average Bonchev–Trinajstić information content (AvgIpc) is 2.20. The molecule has 0 aliphatic carbocycles. The summed E-state index contributed by atoms with van der Waals surface area (Å²) >= 11 is 3.45. The number of nitrogens with two attached hydrogens (primary N) is 1. The van der Waals surface area contributed by atoms with Crippen LogP contribution >= 0.6 is 15.9 Å². The molecule has 0 spiro atoms. The van der Waals surface area contributed by atoms with E-state index in [1.165, 1.54) is 0 Å². The van der Waals surface area contributed by atoms with E-state index in [0.717, 1.165) is 35.2 Å². The van der Waals surface area contributed by atoms with Crippen molar-refractivity contribution in [3.05, 3.63) is 22.7 Å². The molecule has 0 radical (unpaired) electrons. The third-order valence-electron chi connectivity index (χ3n) is 3.01. The maximum absolute atomic E-state index is 10.1. The summed E-state index contributed by atoms with van der Waals surface area (Å²) in [7, 11) is 0. The standard InChI is InChI=1S/C12H17BrN2O/c1-12(16)5-2-6-15(8-12)11-7-9(13)3-4-10(11)14/h3-4,7,16H,2,5-6,8,14H2,1H3. The second-order valence-electron chi connectivity index (χ2n) is 4.73. The number of nitrogen functional groups attached to an aromatic ring is 1. The van der Waals surface area contributed by atoms with Crippen molar-refractivity contribution in [2.45, 2.75) is 25.4 Å². The highest BCUT2D eigenvalue weighted by molar-refractivity contribution is 9.10. The Bertz CT molecular complexity index is 393. The van der Waals surface area contributed by atoms with Crippen LogP contribution in [0.4, 0.5) is 11.4 Å². The average molecular weight is 285 g/mol. The molecule has 1 aromatic rings. The van der Waals surface area contributed by atoms with Crippen molar-refractivity contribution in [3.63, 3.8) is 0 Å². The van der Waals surface area contributed by atoms with Gasteiger partial charge in [-0.25, -0.2) is 0 Å². The number of aliphatic hydroxyl groups is 1. The molecule has 3 N–H and O–H groups in total. The summed E-state index contributed by atoms with van der Waals surface area (Å²) in [4.78, 5) is 2.16. The van der Waals surface area contributed by atoms with Gasteiger partial charge in [-0.2, -0.15) is 0 Å². The first kappa shape index (κ1) is 11.7. The zero-order valence-corrected chi connectivity index (χ0v) is 11.0. The number of piperidine rings is 1. The summed E-state index contributed by atoms with van der Waals surface area (Å²) in [5.74, 6) is 0. The lowest BCUT2D eigenvalue weighted by Gasteiger charge is -2.38.